The molecule has 16 heteroatoms. The fraction of sp³-hybridized carbons (Fsp3) is 0.353. The van der Waals surface area contributed by atoms with Gasteiger partial charge in [0.25, 0.3) is 0 Å². The number of rotatable bonds is 6. The summed E-state index contributed by atoms with van der Waals surface area (Å²) in [4.78, 5) is 31.6. The normalized spacial score (nSPS) is 22.8. The summed E-state index contributed by atoms with van der Waals surface area (Å²) in [5, 5.41) is 30.0. The minimum Gasteiger partial charge on any atom is -0.387 e. The maximum atomic E-state index is 13.5. The number of aliphatic hydroxyl groups is 3. The summed E-state index contributed by atoms with van der Waals surface area (Å²) in [6.45, 7) is -0.420. The molecule has 1 unspecified atom stereocenters. The SMILES string of the molecule is Fc1ccc(CNc2ncnc3nc[nH]c23)c(F)c1.O=P(O)(O)OC[C@H]1OC(O)[C@H](O)[C@@H]1O. The van der Waals surface area contributed by atoms with Crippen molar-refractivity contribution < 1.29 is 47.7 Å². The van der Waals surface area contributed by atoms with Crippen LogP contribution in [0.25, 0.3) is 11.2 Å². The van der Waals surface area contributed by atoms with Crippen molar-refractivity contribution in [2.75, 3.05) is 11.9 Å². The average molecular weight is 491 g/mol. The van der Waals surface area contributed by atoms with Crippen LogP contribution in [0.3, 0.4) is 0 Å². The van der Waals surface area contributed by atoms with Gasteiger partial charge in [-0.3, -0.25) is 4.52 Å². The van der Waals surface area contributed by atoms with Crippen LogP contribution in [0.1, 0.15) is 5.56 Å². The first-order chi connectivity index (χ1) is 15.5. The Morgan fingerprint density at radius 1 is 1.15 bits per heavy atom. The maximum absolute atomic E-state index is 13.5. The maximum Gasteiger partial charge on any atom is 0.469 e. The number of hydrogen-bond acceptors (Lipinski definition) is 10. The molecule has 0 bridgehead atoms. The molecular weight excluding hydrogens is 471 g/mol. The first-order valence-corrected chi connectivity index (χ1v) is 10.8. The molecule has 13 nitrogen and oxygen atoms in total. The van der Waals surface area contributed by atoms with Gasteiger partial charge >= 0.3 is 7.82 Å². The second-order valence-electron chi connectivity index (χ2n) is 6.75. The number of halogens is 2. The van der Waals surface area contributed by atoms with Crippen molar-refractivity contribution in [3.05, 3.63) is 48.1 Å². The zero-order chi connectivity index (χ0) is 24.2. The molecule has 2 aromatic heterocycles. The van der Waals surface area contributed by atoms with Crippen LogP contribution < -0.4 is 5.32 Å². The number of fused-ring (bicyclic) bond motifs is 1. The lowest BCUT2D eigenvalue weighted by atomic mass is 10.1. The van der Waals surface area contributed by atoms with Crippen LogP contribution in [-0.2, 0) is 20.4 Å². The third kappa shape index (κ3) is 6.69. The van der Waals surface area contributed by atoms with Crippen LogP contribution in [0.5, 0.6) is 0 Å². The van der Waals surface area contributed by atoms with Gasteiger partial charge in [-0.15, -0.1) is 0 Å². The lowest BCUT2D eigenvalue weighted by Crippen LogP contribution is -2.34. The van der Waals surface area contributed by atoms with Crippen LogP contribution in [0.15, 0.2) is 30.9 Å². The Balaban J connectivity index is 0.000000196. The van der Waals surface area contributed by atoms with E-state index in [1.807, 2.05) is 0 Å². The van der Waals surface area contributed by atoms with E-state index in [-0.39, 0.29) is 6.54 Å². The van der Waals surface area contributed by atoms with Gasteiger partial charge in [-0.1, -0.05) is 6.07 Å². The quantitative estimate of drug-likeness (QED) is 0.224. The monoisotopic (exact) mass is 491 g/mol. The van der Waals surface area contributed by atoms with Gasteiger partial charge in [-0.05, 0) is 6.07 Å². The summed E-state index contributed by atoms with van der Waals surface area (Å²) < 4.78 is 45.1. The second kappa shape index (κ2) is 10.5. The van der Waals surface area contributed by atoms with E-state index in [4.69, 9.17) is 25.1 Å². The predicted molar refractivity (Wildman–Crippen MR) is 106 cm³/mol. The largest absolute Gasteiger partial charge is 0.469 e. The molecule has 0 radical (unpaired) electrons. The lowest BCUT2D eigenvalue weighted by Gasteiger charge is -2.14. The number of benzene rings is 1. The highest BCUT2D eigenvalue weighted by Gasteiger charge is 2.42. The van der Waals surface area contributed by atoms with E-state index in [0.29, 0.717) is 22.5 Å². The van der Waals surface area contributed by atoms with Crippen molar-refractivity contribution in [3.8, 4) is 0 Å². The van der Waals surface area contributed by atoms with E-state index in [0.717, 1.165) is 6.07 Å². The van der Waals surface area contributed by atoms with Crippen LogP contribution in [-0.4, -0.2) is 76.3 Å². The van der Waals surface area contributed by atoms with Gasteiger partial charge in [-0.25, -0.2) is 28.3 Å². The number of phosphoric ester groups is 1. The molecule has 1 fully saturated rings. The number of aromatic nitrogens is 4. The van der Waals surface area contributed by atoms with E-state index in [1.54, 1.807) is 0 Å². The third-order valence-electron chi connectivity index (χ3n) is 4.43. The molecule has 1 aliphatic heterocycles. The fourth-order valence-electron chi connectivity index (χ4n) is 2.78. The average Bonchev–Trinajstić information content (AvgIpc) is 3.32. The zero-order valence-electron chi connectivity index (χ0n) is 16.6. The minimum atomic E-state index is -4.64. The molecule has 1 aromatic carbocycles. The summed E-state index contributed by atoms with van der Waals surface area (Å²) in [7, 11) is -4.64. The van der Waals surface area contributed by atoms with Gasteiger partial charge < -0.3 is 40.1 Å². The molecule has 4 rings (SSSR count). The summed E-state index contributed by atoms with van der Waals surface area (Å²) in [6, 6.07) is 3.46. The standard InChI is InChI=1S/C12H9F2N5.C5H11O8P/c13-8-2-1-7(9(14)3-8)4-15-11-10-12(17-5-16-10)19-6-18-11;6-3-2(1-12-14(9,10)11)13-5(8)4(3)7/h1-3,5-6H,4H2,(H2,15,16,17,18,19);2-8H,1H2,(H2,9,10,11)/t;2-,3-,4-,5?/m.1/s1. The number of nitrogens with one attached hydrogen (secondary N) is 2. The first-order valence-electron chi connectivity index (χ1n) is 9.27. The van der Waals surface area contributed by atoms with E-state index >= 15 is 0 Å². The summed E-state index contributed by atoms with van der Waals surface area (Å²) >= 11 is 0. The van der Waals surface area contributed by atoms with Gasteiger partial charge in [0.2, 0.25) is 0 Å². The molecule has 1 saturated heterocycles. The summed E-state index contributed by atoms with van der Waals surface area (Å²) in [5.41, 5.74) is 1.52. The smallest absolute Gasteiger partial charge is 0.387 e. The van der Waals surface area contributed by atoms with E-state index in [1.165, 1.54) is 24.8 Å². The molecule has 1 aliphatic rings. The van der Waals surface area contributed by atoms with Crippen molar-refractivity contribution in [3.63, 3.8) is 0 Å². The van der Waals surface area contributed by atoms with Crippen molar-refractivity contribution in [1.29, 1.82) is 0 Å². The predicted octanol–water partition coefficient (Wildman–Crippen LogP) is -0.222. The molecule has 0 spiro atoms. The minimum absolute atomic E-state index is 0.192. The molecule has 0 saturated carbocycles. The molecule has 0 aliphatic carbocycles. The number of anilines is 1. The van der Waals surface area contributed by atoms with Crippen LogP contribution in [0.4, 0.5) is 14.6 Å². The molecular formula is C17H20F2N5O8P. The summed E-state index contributed by atoms with van der Waals surface area (Å²) in [6.07, 6.45) is -2.80. The first kappa shape index (κ1) is 25.0. The molecule has 180 valence electrons. The number of phosphoric acid groups is 1. The van der Waals surface area contributed by atoms with Gasteiger partial charge in [0.05, 0.1) is 12.9 Å². The van der Waals surface area contributed by atoms with Gasteiger partial charge in [0.15, 0.2) is 17.8 Å². The molecule has 33 heavy (non-hydrogen) atoms. The number of hydrogen-bond donors (Lipinski definition) is 7. The Morgan fingerprint density at radius 2 is 1.91 bits per heavy atom. The number of aromatic amines is 1. The van der Waals surface area contributed by atoms with E-state index in [9.17, 15) is 13.3 Å². The fourth-order valence-corrected chi connectivity index (χ4v) is 3.12. The third-order valence-corrected chi connectivity index (χ3v) is 4.91. The number of ether oxygens (including phenoxy) is 1. The van der Waals surface area contributed by atoms with Crippen molar-refractivity contribution in [1.82, 2.24) is 19.9 Å². The van der Waals surface area contributed by atoms with Gasteiger partial charge in [0, 0.05) is 18.2 Å². The Hall–Kier alpha value is -2.62. The number of H-pyrrole nitrogens is 1. The molecule has 3 heterocycles. The molecule has 4 atom stereocenters. The van der Waals surface area contributed by atoms with E-state index < -0.39 is 50.7 Å². The van der Waals surface area contributed by atoms with Gasteiger partial charge in [0.1, 0.15) is 41.8 Å². The van der Waals surface area contributed by atoms with Crippen LogP contribution in [0, 0.1) is 11.6 Å². The highest BCUT2D eigenvalue weighted by molar-refractivity contribution is 7.46. The Bertz CT molecular complexity index is 1130. The summed E-state index contributed by atoms with van der Waals surface area (Å²) in [5.74, 6) is -0.673. The van der Waals surface area contributed by atoms with Crippen LogP contribution >= 0.6 is 7.82 Å². The van der Waals surface area contributed by atoms with Crippen LogP contribution in [0.2, 0.25) is 0 Å². The number of aliphatic hydroxyl groups excluding tert-OH is 3. The molecule has 3 aromatic rings. The van der Waals surface area contributed by atoms with Gasteiger partial charge in [-0.2, -0.15) is 0 Å². The Kier molecular flexibility index (Phi) is 7.99. The number of imidazole rings is 1. The Morgan fingerprint density at radius 3 is 2.55 bits per heavy atom. The van der Waals surface area contributed by atoms with Crippen molar-refractivity contribution in [2.45, 2.75) is 31.1 Å². The molecule has 0 amide bonds. The Labute approximate surface area is 184 Å². The highest BCUT2D eigenvalue weighted by atomic mass is 31.2. The second-order valence-corrected chi connectivity index (χ2v) is 7.98. The highest BCUT2D eigenvalue weighted by Crippen LogP contribution is 2.37. The van der Waals surface area contributed by atoms with Crippen molar-refractivity contribution >= 4 is 24.8 Å². The lowest BCUT2D eigenvalue weighted by molar-refractivity contribution is -0.132. The topological polar surface area (TPSA) is 203 Å². The zero-order valence-corrected chi connectivity index (χ0v) is 17.5. The van der Waals surface area contributed by atoms with E-state index in [2.05, 4.69) is 34.5 Å². The van der Waals surface area contributed by atoms with Crippen molar-refractivity contribution in [2.24, 2.45) is 0 Å². The molecule has 7 N–H and O–H groups in total. The number of nitrogens with zero attached hydrogens (tertiary/aromatic N) is 3.